The number of hydrogen-bond acceptors (Lipinski definition) is 4. The Kier molecular flexibility index (Phi) is 4.55. The summed E-state index contributed by atoms with van der Waals surface area (Å²) in [6.07, 6.45) is 0.426. The Balaban J connectivity index is 3.37. The Bertz CT molecular complexity index is 166. The van der Waals surface area contributed by atoms with Gasteiger partial charge in [0.2, 0.25) is 5.91 Å². The molecule has 5 nitrogen and oxygen atoms in total. The lowest BCUT2D eigenvalue weighted by atomic mass is 10.7. The normalized spacial score (nSPS) is 8.09. The predicted octanol–water partition coefficient (Wildman–Crippen LogP) is 0.377. The molecule has 0 aliphatic rings. The van der Waals surface area contributed by atoms with E-state index < -0.39 is 12.1 Å². The summed E-state index contributed by atoms with van der Waals surface area (Å²) in [5.74, 6) is -0.472. The van der Waals surface area contributed by atoms with Gasteiger partial charge in [-0.25, -0.2) is 4.79 Å². The van der Waals surface area contributed by atoms with Crippen LogP contribution in [0.15, 0.2) is 12.7 Å². The van der Waals surface area contributed by atoms with E-state index in [0.29, 0.717) is 0 Å². The van der Waals surface area contributed by atoms with Crippen molar-refractivity contribution in [2.75, 3.05) is 6.61 Å². The number of nitrogens with one attached hydrogen (secondary N) is 1. The topological polar surface area (TPSA) is 64.6 Å². The number of carbonyl (C=O) groups is 2. The highest BCUT2D eigenvalue weighted by Crippen LogP contribution is 1.81. The second kappa shape index (κ2) is 5.28. The van der Waals surface area contributed by atoms with Crippen LogP contribution >= 0.6 is 0 Å². The first-order chi connectivity index (χ1) is 5.16. The second-order valence-electron chi connectivity index (χ2n) is 1.61. The molecular weight excluding hydrogens is 150 g/mol. The van der Waals surface area contributed by atoms with E-state index in [4.69, 9.17) is 0 Å². The average Bonchev–Trinajstić information content (AvgIpc) is 1.97. The van der Waals surface area contributed by atoms with Crippen molar-refractivity contribution in [2.24, 2.45) is 0 Å². The van der Waals surface area contributed by atoms with Gasteiger partial charge in [-0.05, 0) is 0 Å². The molecule has 5 heteroatoms. The van der Waals surface area contributed by atoms with E-state index in [9.17, 15) is 9.59 Å². The van der Waals surface area contributed by atoms with Crippen LogP contribution in [0.25, 0.3) is 0 Å². The molecule has 0 aliphatic carbocycles. The molecule has 0 aromatic heterocycles. The van der Waals surface area contributed by atoms with Gasteiger partial charge in [0.05, 0.1) is 0 Å². The molecule has 0 saturated heterocycles. The fourth-order valence-electron chi connectivity index (χ4n) is 0.270. The first-order valence-electron chi connectivity index (χ1n) is 2.88. The summed E-state index contributed by atoms with van der Waals surface area (Å²) >= 11 is 0. The Morgan fingerprint density at radius 1 is 1.64 bits per heavy atom. The van der Waals surface area contributed by atoms with E-state index >= 15 is 0 Å². The van der Waals surface area contributed by atoms with E-state index in [1.54, 1.807) is 5.48 Å². The molecule has 0 bridgehead atoms. The molecule has 1 N–H and O–H groups in total. The van der Waals surface area contributed by atoms with Crippen molar-refractivity contribution in [1.29, 1.82) is 0 Å². The minimum absolute atomic E-state index is 0.0540. The van der Waals surface area contributed by atoms with Crippen LogP contribution in [0, 0.1) is 0 Å². The molecule has 0 heterocycles. The van der Waals surface area contributed by atoms with Crippen LogP contribution < -0.4 is 5.48 Å². The first-order valence-corrected chi connectivity index (χ1v) is 2.88. The third-order valence-corrected chi connectivity index (χ3v) is 0.597. The van der Waals surface area contributed by atoms with Crippen molar-refractivity contribution < 1.29 is 19.2 Å². The molecule has 0 aliphatic heterocycles. The lowest BCUT2D eigenvalue weighted by Gasteiger charge is -2.01. The van der Waals surface area contributed by atoms with Crippen LogP contribution in [0.5, 0.6) is 0 Å². The Morgan fingerprint density at radius 3 is 2.73 bits per heavy atom. The largest absolute Gasteiger partial charge is 0.533 e. The zero-order chi connectivity index (χ0) is 8.69. The predicted molar refractivity (Wildman–Crippen MR) is 36.4 cm³/mol. The molecule has 1 amide bonds. The summed E-state index contributed by atoms with van der Waals surface area (Å²) in [5.41, 5.74) is 1.81. The third-order valence-electron chi connectivity index (χ3n) is 0.597. The SMILES string of the molecule is C=CCOC(=O)ONC(C)=O. The van der Waals surface area contributed by atoms with E-state index in [0.717, 1.165) is 0 Å². The van der Waals surface area contributed by atoms with Gasteiger partial charge in [0.25, 0.3) is 0 Å². The highest BCUT2D eigenvalue weighted by atomic mass is 16.8. The highest BCUT2D eigenvalue weighted by molar-refractivity contribution is 5.73. The zero-order valence-electron chi connectivity index (χ0n) is 6.12. The van der Waals surface area contributed by atoms with E-state index in [1.807, 2.05) is 0 Å². The molecule has 0 rings (SSSR count). The van der Waals surface area contributed by atoms with E-state index in [2.05, 4.69) is 16.2 Å². The molecular formula is C6H9NO4. The molecule has 0 aromatic carbocycles. The van der Waals surface area contributed by atoms with Gasteiger partial charge in [0.15, 0.2) is 0 Å². The van der Waals surface area contributed by atoms with Crippen molar-refractivity contribution >= 4 is 12.1 Å². The van der Waals surface area contributed by atoms with Gasteiger partial charge in [-0.1, -0.05) is 12.7 Å². The molecule has 0 atom stereocenters. The van der Waals surface area contributed by atoms with Crippen LogP contribution in [-0.4, -0.2) is 18.7 Å². The summed E-state index contributed by atoms with van der Waals surface area (Å²) in [4.78, 5) is 24.7. The standard InChI is InChI=1S/C6H9NO4/c1-3-4-10-6(9)11-7-5(2)8/h3H,1,4H2,2H3,(H,7,8). The smallest absolute Gasteiger partial charge is 0.428 e. The zero-order valence-corrected chi connectivity index (χ0v) is 6.12. The van der Waals surface area contributed by atoms with Crippen molar-refractivity contribution in [3.8, 4) is 0 Å². The minimum atomic E-state index is -0.958. The van der Waals surface area contributed by atoms with Gasteiger partial charge < -0.3 is 9.57 Å². The van der Waals surface area contributed by atoms with Crippen molar-refractivity contribution in [1.82, 2.24) is 5.48 Å². The maximum atomic E-state index is 10.4. The lowest BCUT2D eigenvalue weighted by molar-refractivity contribution is -0.128. The molecule has 0 saturated carbocycles. The molecule has 62 valence electrons. The fraction of sp³-hybridized carbons (Fsp3) is 0.333. The summed E-state index contributed by atoms with van der Waals surface area (Å²) in [5, 5.41) is 0. The molecule has 0 unspecified atom stereocenters. The molecule has 11 heavy (non-hydrogen) atoms. The van der Waals surface area contributed by atoms with Gasteiger partial charge >= 0.3 is 6.16 Å². The Hall–Kier alpha value is -1.52. The summed E-state index contributed by atoms with van der Waals surface area (Å²) in [7, 11) is 0. The number of rotatable bonds is 2. The molecule has 0 aromatic rings. The van der Waals surface area contributed by atoms with Crippen LogP contribution in [0.2, 0.25) is 0 Å². The second-order valence-corrected chi connectivity index (χ2v) is 1.61. The maximum absolute atomic E-state index is 10.4. The van der Waals surface area contributed by atoms with Gasteiger partial charge in [-0.2, -0.15) is 5.48 Å². The van der Waals surface area contributed by atoms with Crippen LogP contribution in [0.4, 0.5) is 4.79 Å². The summed E-state index contributed by atoms with van der Waals surface area (Å²) < 4.78 is 4.35. The van der Waals surface area contributed by atoms with E-state index in [-0.39, 0.29) is 6.61 Å². The highest BCUT2D eigenvalue weighted by Gasteiger charge is 2.02. The maximum Gasteiger partial charge on any atom is 0.533 e. The van der Waals surface area contributed by atoms with Crippen molar-refractivity contribution in [3.05, 3.63) is 12.7 Å². The average molecular weight is 159 g/mol. The Labute approximate surface area is 63.9 Å². The monoisotopic (exact) mass is 159 g/mol. The van der Waals surface area contributed by atoms with Gasteiger partial charge in [0.1, 0.15) is 6.61 Å². The van der Waals surface area contributed by atoms with Crippen molar-refractivity contribution in [3.63, 3.8) is 0 Å². The number of hydrogen-bond donors (Lipinski definition) is 1. The fourth-order valence-corrected chi connectivity index (χ4v) is 0.270. The Morgan fingerprint density at radius 2 is 2.27 bits per heavy atom. The quantitative estimate of drug-likeness (QED) is 0.359. The summed E-state index contributed by atoms with van der Waals surface area (Å²) in [6, 6.07) is 0. The molecule has 0 fully saturated rings. The molecule has 0 radical (unpaired) electrons. The van der Waals surface area contributed by atoms with Crippen LogP contribution in [-0.2, 0) is 14.4 Å². The number of amides is 1. The van der Waals surface area contributed by atoms with E-state index in [1.165, 1.54) is 13.0 Å². The number of carbonyl (C=O) groups excluding carboxylic acids is 2. The van der Waals surface area contributed by atoms with Crippen molar-refractivity contribution in [2.45, 2.75) is 6.92 Å². The van der Waals surface area contributed by atoms with Gasteiger partial charge in [-0.3, -0.25) is 4.79 Å². The van der Waals surface area contributed by atoms with Gasteiger partial charge in [0, 0.05) is 6.92 Å². The van der Waals surface area contributed by atoms with Gasteiger partial charge in [-0.15, -0.1) is 0 Å². The van der Waals surface area contributed by atoms with Crippen LogP contribution in [0.3, 0.4) is 0 Å². The van der Waals surface area contributed by atoms with Crippen LogP contribution in [0.1, 0.15) is 6.92 Å². The summed E-state index contributed by atoms with van der Waals surface area (Å²) in [6.45, 7) is 4.57. The number of ether oxygens (including phenoxy) is 1. The minimum Gasteiger partial charge on any atom is -0.428 e. The number of hydroxylamine groups is 1. The third kappa shape index (κ3) is 6.36. The first kappa shape index (κ1) is 9.48. The lowest BCUT2D eigenvalue weighted by Crippen LogP contribution is -2.24. The molecule has 0 spiro atoms.